The van der Waals surface area contributed by atoms with E-state index in [9.17, 15) is 0 Å². The predicted octanol–water partition coefficient (Wildman–Crippen LogP) is 1.55. The zero-order valence-electron chi connectivity index (χ0n) is 5.24. The summed E-state index contributed by atoms with van der Waals surface area (Å²) in [5.74, 6) is 0.323. The molecule has 0 unspecified atom stereocenters. The van der Waals surface area contributed by atoms with Gasteiger partial charge in [-0.1, -0.05) is 6.58 Å². The molecule has 0 rings (SSSR count). The number of aliphatic hydroxyl groups is 1. The van der Waals surface area contributed by atoms with E-state index in [-0.39, 0.29) is 0 Å². The van der Waals surface area contributed by atoms with Gasteiger partial charge in [0.15, 0.2) is 0 Å². The van der Waals surface area contributed by atoms with Crippen LogP contribution in [0.5, 0.6) is 0 Å². The summed E-state index contributed by atoms with van der Waals surface area (Å²) in [6, 6.07) is 0. The molecule has 0 aliphatic carbocycles. The lowest BCUT2D eigenvalue weighted by atomic mass is 10.0. The first-order chi connectivity index (χ1) is 3.48. The quantitative estimate of drug-likeness (QED) is 0.449. The molecule has 0 saturated heterocycles. The number of rotatable bonds is 2. The van der Waals surface area contributed by atoms with Gasteiger partial charge in [-0.25, -0.2) is 0 Å². The molecular weight excluding hydrogens is 124 g/mol. The van der Waals surface area contributed by atoms with E-state index in [1.807, 2.05) is 0 Å². The summed E-state index contributed by atoms with van der Waals surface area (Å²) in [6.07, 6.45) is 0. The molecular formula is C6H11ClO. The standard InChI is InChI=1S/C6H11ClO/c1-5(4-7)6(2,3)8/h8H,1,4H2,2-3H3. The van der Waals surface area contributed by atoms with Gasteiger partial charge in [-0.3, -0.25) is 0 Å². The van der Waals surface area contributed by atoms with Crippen LogP contribution in [0, 0.1) is 0 Å². The highest BCUT2D eigenvalue weighted by Gasteiger charge is 2.14. The molecule has 0 aromatic heterocycles. The van der Waals surface area contributed by atoms with Gasteiger partial charge in [-0.2, -0.15) is 0 Å². The molecule has 0 fully saturated rings. The Labute approximate surface area is 55.0 Å². The maximum Gasteiger partial charge on any atom is 0.0809 e. The third-order valence-corrected chi connectivity index (χ3v) is 1.35. The van der Waals surface area contributed by atoms with Crippen LogP contribution in [0.3, 0.4) is 0 Å². The molecule has 0 bridgehead atoms. The minimum absolute atomic E-state index is 0.323. The van der Waals surface area contributed by atoms with Gasteiger partial charge in [0.1, 0.15) is 0 Å². The van der Waals surface area contributed by atoms with Crippen molar-refractivity contribution in [1.82, 2.24) is 0 Å². The first-order valence-electron chi connectivity index (χ1n) is 2.45. The van der Waals surface area contributed by atoms with Gasteiger partial charge in [-0.05, 0) is 19.4 Å². The van der Waals surface area contributed by atoms with Crippen LogP contribution >= 0.6 is 11.6 Å². The van der Waals surface area contributed by atoms with Crippen LogP contribution in [-0.2, 0) is 0 Å². The van der Waals surface area contributed by atoms with Crippen LogP contribution in [0.25, 0.3) is 0 Å². The normalized spacial score (nSPS) is 11.5. The van der Waals surface area contributed by atoms with Crippen LogP contribution in [0.4, 0.5) is 0 Å². The largest absolute Gasteiger partial charge is 0.386 e. The van der Waals surface area contributed by atoms with E-state index in [1.54, 1.807) is 13.8 Å². The Morgan fingerprint density at radius 2 is 2.12 bits per heavy atom. The number of halogens is 1. The zero-order valence-corrected chi connectivity index (χ0v) is 6.00. The average Bonchev–Trinajstić information content (AvgIpc) is 1.62. The molecule has 0 spiro atoms. The van der Waals surface area contributed by atoms with E-state index in [0.29, 0.717) is 11.5 Å². The van der Waals surface area contributed by atoms with Crippen LogP contribution < -0.4 is 0 Å². The topological polar surface area (TPSA) is 20.2 Å². The fourth-order valence-corrected chi connectivity index (χ4v) is 0.491. The van der Waals surface area contributed by atoms with E-state index in [0.717, 1.165) is 0 Å². The van der Waals surface area contributed by atoms with E-state index >= 15 is 0 Å². The van der Waals surface area contributed by atoms with Crippen molar-refractivity contribution in [2.45, 2.75) is 19.4 Å². The third kappa shape index (κ3) is 2.34. The van der Waals surface area contributed by atoms with Gasteiger partial charge in [-0.15, -0.1) is 11.6 Å². The maximum absolute atomic E-state index is 9.10. The van der Waals surface area contributed by atoms with Crippen molar-refractivity contribution < 1.29 is 5.11 Å². The summed E-state index contributed by atoms with van der Waals surface area (Å²) in [4.78, 5) is 0. The highest BCUT2D eigenvalue weighted by Crippen LogP contribution is 2.13. The summed E-state index contributed by atoms with van der Waals surface area (Å²) in [5.41, 5.74) is -0.166. The van der Waals surface area contributed by atoms with Gasteiger partial charge < -0.3 is 5.11 Å². The molecule has 1 nitrogen and oxygen atoms in total. The van der Waals surface area contributed by atoms with E-state index in [4.69, 9.17) is 16.7 Å². The summed E-state index contributed by atoms with van der Waals surface area (Å²) in [6.45, 7) is 6.89. The minimum atomic E-state index is -0.818. The fraction of sp³-hybridized carbons (Fsp3) is 0.667. The molecule has 1 N–H and O–H groups in total. The van der Waals surface area contributed by atoms with Crippen molar-refractivity contribution in [2.75, 3.05) is 5.88 Å². The Kier molecular flexibility index (Phi) is 2.51. The molecule has 0 saturated carbocycles. The molecule has 0 heterocycles. The van der Waals surface area contributed by atoms with Crippen LogP contribution in [0.2, 0.25) is 0 Å². The molecule has 0 radical (unpaired) electrons. The summed E-state index contributed by atoms with van der Waals surface area (Å²) >= 11 is 5.38. The Morgan fingerprint density at radius 1 is 1.75 bits per heavy atom. The van der Waals surface area contributed by atoms with Crippen LogP contribution in [0.15, 0.2) is 12.2 Å². The van der Waals surface area contributed by atoms with E-state index in [1.165, 1.54) is 0 Å². The Morgan fingerprint density at radius 3 is 2.12 bits per heavy atom. The number of alkyl halides is 1. The second-order valence-electron chi connectivity index (χ2n) is 2.30. The van der Waals surface area contributed by atoms with Crippen molar-refractivity contribution in [3.63, 3.8) is 0 Å². The lowest BCUT2D eigenvalue weighted by Gasteiger charge is -2.17. The van der Waals surface area contributed by atoms with Crippen LogP contribution in [0.1, 0.15) is 13.8 Å². The molecule has 0 amide bonds. The maximum atomic E-state index is 9.10. The van der Waals surface area contributed by atoms with Crippen molar-refractivity contribution in [2.24, 2.45) is 0 Å². The molecule has 0 aliphatic rings. The second kappa shape index (κ2) is 2.51. The number of hydrogen-bond acceptors (Lipinski definition) is 1. The van der Waals surface area contributed by atoms with Crippen molar-refractivity contribution in [3.05, 3.63) is 12.2 Å². The summed E-state index contributed by atoms with van der Waals surface area (Å²) in [5, 5.41) is 9.10. The molecule has 0 aliphatic heterocycles. The molecule has 48 valence electrons. The molecule has 2 heteroatoms. The van der Waals surface area contributed by atoms with Gasteiger partial charge in [0.2, 0.25) is 0 Å². The first-order valence-corrected chi connectivity index (χ1v) is 2.98. The molecule has 0 aromatic rings. The second-order valence-corrected chi connectivity index (χ2v) is 2.56. The Hall–Kier alpha value is -0.0100. The van der Waals surface area contributed by atoms with E-state index in [2.05, 4.69) is 6.58 Å². The van der Waals surface area contributed by atoms with E-state index < -0.39 is 5.60 Å². The lowest BCUT2D eigenvalue weighted by molar-refractivity contribution is 0.121. The molecule has 0 aromatic carbocycles. The Balaban J connectivity index is 3.82. The highest BCUT2D eigenvalue weighted by atomic mass is 35.5. The first kappa shape index (κ1) is 7.99. The SMILES string of the molecule is C=C(CCl)C(C)(C)O. The van der Waals surface area contributed by atoms with Gasteiger partial charge in [0, 0.05) is 5.88 Å². The Bertz CT molecular complexity index is 91.2. The molecule has 0 atom stereocenters. The highest BCUT2D eigenvalue weighted by molar-refractivity contribution is 6.19. The fourth-order valence-electron chi connectivity index (χ4n) is 0.164. The summed E-state index contributed by atoms with van der Waals surface area (Å²) in [7, 11) is 0. The van der Waals surface area contributed by atoms with Crippen molar-refractivity contribution in [3.8, 4) is 0 Å². The van der Waals surface area contributed by atoms with Gasteiger partial charge in [0.25, 0.3) is 0 Å². The van der Waals surface area contributed by atoms with Crippen LogP contribution in [-0.4, -0.2) is 16.6 Å². The molecule has 8 heavy (non-hydrogen) atoms. The summed E-state index contributed by atoms with van der Waals surface area (Å²) < 4.78 is 0. The smallest absolute Gasteiger partial charge is 0.0809 e. The number of hydrogen-bond donors (Lipinski definition) is 1. The predicted molar refractivity (Wildman–Crippen MR) is 36.2 cm³/mol. The average molecular weight is 135 g/mol. The van der Waals surface area contributed by atoms with Gasteiger partial charge in [0.05, 0.1) is 5.60 Å². The lowest BCUT2D eigenvalue weighted by Crippen LogP contribution is -2.21. The van der Waals surface area contributed by atoms with Crippen molar-refractivity contribution >= 4 is 11.6 Å². The van der Waals surface area contributed by atoms with Gasteiger partial charge >= 0.3 is 0 Å². The monoisotopic (exact) mass is 134 g/mol. The van der Waals surface area contributed by atoms with Crippen molar-refractivity contribution in [1.29, 1.82) is 0 Å². The minimum Gasteiger partial charge on any atom is -0.386 e. The third-order valence-electron chi connectivity index (χ3n) is 1.03. The zero-order chi connectivity index (χ0) is 6.78.